The van der Waals surface area contributed by atoms with Crippen molar-refractivity contribution in [1.29, 1.82) is 0 Å². The number of hydrogen-bond donors (Lipinski definition) is 0. The van der Waals surface area contributed by atoms with Crippen molar-refractivity contribution in [3.05, 3.63) is 95.8 Å². The van der Waals surface area contributed by atoms with Crippen LogP contribution in [0.15, 0.2) is 73.4 Å². The highest BCUT2D eigenvalue weighted by atomic mass is 15.0. The van der Waals surface area contributed by atoms with Gasteiger partial charge in [-0.25, -0.2) is 0 Å². The molecule has 4 rings (SSSR count). The second-order valence-corrected chi connectivity index (χ2v) is 6.66. The Kier molecular flexibility index (Phi) is 4.18. The molecule has 128 valence electrons. The maximum Gasteiger partial charge on any atom is 0.0945 e. The lowest BCUT2D eigenvalue weighted by Gasteiger charge is -2.12. The highest BCUT2D eigenvalue weighted by Crippen LogP contribution is 2.33. The Hall–Kier alpha value is -3.13. The van der Waals surface area contributed by atoms with Crippen LogP contribution in [-0.2, 0) is 6.54 Å². The molecule has 0 unspecified atom stereocenters. The maximum atomic E-state index is 4.74. The molecule has 0 aliphatic carbocycles. The summed E-state index contributed by atoms with van der Waals surface area (Å²) in [6, 6.07) is 21.2. The fourth-order valence-electron chi connectivity index (χ4n) is 3.55. The lowest BCUT2D eigenvalue weighted by atomic mass is 10.1. The summed E-state index contributed by atoms with van der Waals surface area (Å²) in [6.07, 6.45) is 3.78. The van der Waals surface area contributed by atoms with Crippen LogP contribution >= 0.6 is 0 Å². The Morgan fingerprint density at radius 3 is 2.38 bits per heavy atom. The number of pyridine rings is 1. The SMILES string of the molecule is C=Cc1ccc(-c2nccc3c(C)c(C)n(Cc4ccccc4)c23)cc1. The Labute approximate surface area is 154 Å². The number of rotatable bonds is 4. The van der Waals surface area contributed by atoms with E-state index in [1.165, 1.54) is 27.7 Å². The van der Waals surface area contributed by atoms with Gasteiger partial charge in [0.25, 0.3) is 0 Å². The molecule has 2 nitrogen and oxygen atoms in total. The van der Waals surface area contributed by atoms with Crippen LogP contribution in [-0.4, -0.2) is 9.55 Å². The highest BCUT2D eigenvalue weighted by molar-refractivity contribution is 5.95. The van der Waals surface area contributed by atoms with E-state index in [1.807, 2.05) is 12.3 Å². The molecule has 0 N–H and O–H groups in total. The van der Waals surface area contributed by atoms with Gasteiger partial charge in [-0.15, -0.1) is 0 Å². The molecule has 0 radical (unpaired) electrons. The van der Waals surface area contributed by atoms with Gasteiger partial charge in [0.2, 0.25) is 0 Å². The molecule has 0 bridgehead atoms. The smallest absolute Gasteiger partial charge is 0.0945 e. The largest absolute Gasteiger partial charge is 0.338 e. The average molecular weight is 338 g/mol. The summed E-state index contributed by atoms with van der Waals surface area (Å²) in [5.41, 5.74) is 8.40. The normalized spacial score (nSPS) is 11.0. The second kappa shape index (κ2) is 6.64. The summed E-state index contributed by atoms with van der Waals surface area (Å²) in [5.74, 6) is 0. The van der Waals surface area contributed by atoms with Crippen molar-refractivity contribution >= 4 is 17.0 Å². The first-order valence-electron chi connectivity index (χ1n) is 8.90. The van der Waals surface area contributed by atoms with Gasteiger partial charge in [-0.1, -0.05) is 67.3 Å². The standard InChI is InChI=1S/C24H22N2/c1-4-19-10-12-21(13-11-19)23-24-22(14-15-25-23)17(2)18(3)26(24)16-20-8-6-5-7-9-20/h4-15H,1,16H2,2-3H3. The van der Waals surface area contributed by atoms with Crippen LogP contribution in [0.1, 0.15) is 22.4 Å². The number of nitrogens with zero attached hydrogens (tertiary/aromatic N) is 2. The lowest BCUT2D eigenvalue weighted by Crippen LogP contribution is -2.03. The summed E-state index contributed by atoms with van der Waals surface area (Å²) >= 11 is 0. The summed E-state index contributed by atoms with van der Waals surface area (Å²) in [5, 5.41) is 1.27. The summed E-state index contributed by atoms with van der Waals surface area (Å²) in [4.78, 5) is 4.74. The molecule has 2 heterocycles. The molecule has 0 atom stereocenters. The molecule has 2 aromatic heterocycles. The van der Waals surface area contributed by atoms with Crippen molar-refractivity contribution in [3.63, 3.8) is 0 Å². The number of hydrogen-bond acceptors (Lipinski definition) is 1. The van der Waals surface area contributed by atoms with Crippen LogP contribution in [0.3, 0.4) is 0 Å². The van der Waals surface area contributed by atoms with Gasteiger partial charge in [-0.2, -0.15) is 0 Å². The van der Waals surface area contributed by atoms with Crippen LogP contribution in [0.2, 0.25) is 0 Å². The molecule has 2 aromatic carbocycles. The zero-order valence-corrected chi connectivity index (χ0v) is 15.2. The summed E-state index contributed by atoms with van der Waals surface area (Å²) in [6.45, 7) is 9.08. The van der Waals surface area contributed by atoms with Gasteiger partial charge in [0.1, 0.15) is 0 Å². The van der Waals surface area contributed by atoms with Crippen molar-refractivity contribution < 1.29 is 0 Å². The molecule has 0 amide bonds. The topological polar surface area (TPSA) is 17.8 Å². The van der Waals surface area contributed by atoms with E-state index in [-0.39, 0.29) is 0 Å². The quantitative estimate of drug-likeness (QED) is 0.445. The third kappa shape index (κ3) is 2.74. The summed E-state index contributed by atoms with van der Waals surface area (Å²) < 4.78 is 2.39. The van der Waals surface area contributed by atoms with E-state index in [2.05, 4.69) is 85.7 Å². The van der Waals surface area contributed by atoms with Gasteiger partial charge >= 0.3 is 0 Å². The minimum absolute atomic E-state index is 0.848. The predicted molar refractivity (Wildman–Crippen MR) is 110 cm³/mol. The lowest BCUT2D eigenvalue weighted by molar-refractivity contribution is 0.800. The molecule has 0 fully saturated rings. The van der Waals surface area contributed by atoms with E-state index in [4.69, 9.17) is 4.98 Å². The Morgan fingerprint density at radius 2 is 1.69 bits per heavy atom. The van der Waals surface area contributed by atoms with Crippen molar-refractivity contribution in [2.75, 3.05) is 0 Å². The highest BCUT2D eigenvalue weighted by Gasteiger charge is 2.16. The zero-order valence-electron chi connectivity index (χ0n) is 15.2. The first-order valence-corrected chi connectivity index (χ1v) is 8.90. The van der Waals surface area contributed by atoms with Crippen LogP contribution in [0, 0.1) is 13.8 Å². The molecule has 4 aromatic rings. The van der Waals surface area contributed by atoms with Gasteiger partial charge in [0, 0.05) is 29.4 Å². The first-order chi connectivity index (χ1) is 12.7. The third-order valence-corrected chi connectivity index (χ3v) is 5.15. The van der Waals surface area contributed by atoms with E-state index >= 15 is 0 Å². The van der Waals surface area contributed by atoms with Gasteiger partial charge in [0.15, 0.2) is 0 Å². The van der Waals surface area contributed by atoms with Crippen molar-refractivity contribution in [3.8, 4) is 11.3 Å². The van der Waals surface area contributed by atoms with Crippen LogP contribution in [0.4, 0.5) is 0 Å². The predicted octanol–water partition coefficient (Wildman–Crippen LogP) is 6.01. The molecule has 0 saturated carbocycles. The first kappa shape index (κ1) is 16.3. The summed E-state index contributed by atoms with van der Waals surface area (Å²) in [7, 11) is 0. The molecular formula is C24H22N2. The number of fused-ring (bicyclic) bond motifs is 1. The number of aromatic nitrogens is 2. The molecular weight excluding hydrogens is 316 g/mol. The van der Waals surface area contributed by atoms with Gasteiger partial charge in [-0.05, 0) is 36.6 Å². The number of benzene rings is 2. The van der Waals surface area contributed by atoms with Crippen LogP contribution in [0.25, 0.3) is 28.2 Å². The van der Waals surface area contributed by atoms with E-state index in [9.17, 15) is 0 Å². The fraction of sp³-hybridized carbons (Fsp3) is 0.125. The van der Waals surface area contributed by atoms with E-state index < -0.39 is 0 Å². The molecule has 2 heteroatoms. The Balaban J connectivity index is 1.93. The van der Waals surface area contributed by atoms with Crippen LogP contribution < -0.4 is 0 Å². The van der Waals surface area contributed by atoms with Crippen molar-refractivity contribution in [2.45, 2.75) is 20.4 Å². The van der Waals surface area contributed by atoms with Crippen molar-refractivity contribution in [1.82, 2.24) is 9.55 Å². The third-order valence-electron chi connectivity index (χ3n) is 5.15. The fourth-order valence-corrected chi connectivity index (χ4v) is 3.55. The van der Waals surface area contributed by atoms with Gasteiger partial charge in [-0.3, -0.25) is 4.98 Å². The molecule has 0 aliphatic rings. The van der Waals surface area contributed by atoms with Gasteiger partial charge < -0.3 is 4.57 Å². The molecule has 26 heavy (non-hydrogen) atoms. The zero-order chi connectivity index (χ0) is 18.1. The average Bonchev–Trinajstić information content (AvgIpc) is 2.94. The molecule has 0 spiro atoms. The monoisotopic (exact) mass is 338 g/mol. The maximum absolute atomic E-state index is 4.74. The second-order valence-electron chi connectivity index (χ2n) is 6.66. The van der Waals surface area contributed by atoms with Crippen molar-refractivity contribution in [2.24, 2.45) is 0 Å². The Morgan fingerprint density at radius 1 is 0.962 bits per heavy atom. The van der Waals surface area contributed by atoms with E-state index in [0.717, 1.165) is 23.4 Å². The minimum Gasteiger partial charge on any atom is -0.338 e. The molecule has 0 aliphatic heterocycles. The molecule has 0 saturated heterocycles. The van der Waals surface area contributed by atoms with E-state index in [1.54, 1.807) is 0 Å². The van der Waals surface area contributed by atoms with E-state index in [0.29, 0.717) is 0 Å². The Bertz CT molecular complexity index is 1070. The van der Waals surface area contributed by atoms with Gasteiger partial charge in [0.05, 0.1) is 11.2 Å². The number of aryl methyl sites for hydroxylation is 1. The van der Waals surface area contributed by atoms with Crippen LogP contribution in [0.5, 0.6) is 0 Å². The minimum atomic E-state index is 0.848.